The maximum Gasteiger partial charge on any atom is 0.127 e. The molecule has 2 nitrogen and oxygen atoms in total. The van der Waals surface area contributed by atoms with Crippen molar-refractivity contribution >= 4 is 0 Å². The first-order valence-corrected chi connectivity index (χ1v) is 4.42. The lowest BCUT2D eigenvalue weighted by Crippen LogP contribution is -2.38. The predicted octanol–water partition coefficient (Wildman–Crippen LogP) is 0.832. The molecule has 0 saturated carbocycles. The van der Waals surface area contributed by atoms with Gasteiger partial charge >= 0.3 is 0 Å². The SMILES string of the molecule is OCC1Cc2cccc(F)c2CN1. The number of nitrogens with one attached hydrogen (secondary N) is 1. The third kappa shape index (κ3) is 1.57. The molecule has 0 aromatic heterocycles. The predicted molar refractivity (Wildman–Crippen MR) is 47.8 cm³/mol. The van der Waals surface area contributed by atoms with Gasteiger partial charge in [-0.1, -0.05) is 12.1 Å². The molecule has 0 radical (unpaired) electrons. The van der Waals surface area contributed by atoms with E-state index in [9.17, 15) is 4.39 Å². The Morgan fingerprint density at radius 2 is 2.38 bits per heavy atom. The Balaban J connectivity index is 2.31. The maximum absolute atomic E-state index is 13.2. The van der Waals surface area contributed by atoms with Gasteiger partial charge in [0.1, 0.15) is 5.82 Å². The third-order valence-corrected chi connectivity index (χ3v) is 2.47. The van der Waals surface area contributed by atoms with Gasteiger partial charge in [0.25, 0.3) is 0 Å². The van der Waals surface area contributed by atoms with Crippen LogP contribution in [-0.2, 0) is 13.0 Å². The molecule has 2 rings (SSSR count). The fourth-order valence-electron chi connectivity index (χ4n) is 1.71. The number of benzene rings is 1. The first kappa shape index (κ1) is 8.66. The average molecular weight is 181 g/mol. The minimum absolute atomic E-state index is 0.0781. The van der Waals surface area contributed by atoms with Gasteiger partial charge in [-0.15, -0.1) is 0 Å². The lowest BCUT2D eigenvalue weighted by atomic mass is 9.96. The van der Waals surface area contributed by atoms with E-state index in [0.717, 1.165) is 11.1 Å². The number of halogens is 1. The Morgan fingerprint density at radius 3 is 3.15 bits per heavy atom. The Bertz CT molecular complexity index is 314. The second-order valence-corrected chi connectivity index (χ2v) is 3.34. The summed E-state index contributed by atoms with van der Waals surface area (Å²) in [6.07, 6.45) is 0.712. The molecule has 1 aromatic rings. The molecule has 3 heteroatoms. The van der Waals surface area contributed by atoms with Gasteiger partial charge in [-0.05, 0) is 18.1 Å². The number of rotatable bonds is 1. The summed E-state index contributed by atoms with van der Waals surface area (Å²) in [5.74, 6) is -0.151. The zero-order valence-electron chi connectivity index (χ0n) is 7.26. The summed E-state index contributed by atoms with van der Waals surface area (Å²) in [7, 11) is 0. The largest absolute Gasteiger partial charge is 0.395 e. The van der Waals surface area contributed by atoms with E-state index < -0.39 is 0 Å². The summed E-state index contributed by atoms with van der Waals surface area (Å²) < 4.78 is 13.2. The van der Waals surface area contributed by atoms with Gasteiger partial charge in [0.15, 0.2) is 0 Å². The van der Waals surface area contributed by atoms with Crippen LogP contribution < -0.4 is 5.32 Å². The Hall–Kier alpha value is -0.930. The first-order chi connectivity index (χ1) is 6.31. The van der Waals surface area contributed by atoms with E-state index in [4.69, 9.17) is 5.11 Å². The molecule has 2 N–H and O–H groups in total. The zero-order valence-corrected chi connectivity index (χ0v) is 7.26. The van der Waals surface area contributed by atoms with Gasteiger partial charge in [0.05, 0.1) is 6.61 Å². The van der Waals surface area contributed by atoms with Crippen LogP contribution in [0.15, 0.2) is 18.2 Å². The molecular weight excluding hydrogens is 169 g/mol. The quantitative estimate of drug-likeness (QED) is 0.672. The standard InChI is InChI=1S/C10H12FNO/c11-10-3-1-2-7-4-8(6-13)12-5-9(7)10/h1-3,8,12-13H,4-6H2. The van der Waals surface area contributed by atoms with Gasteiger partial charge in [-0.25, -0.2) is 4.39 Å². The van der Waals surface area contributed by atoms with Crippen LogP contribution >= 0.6 is 0 Å². The topological polar surface area (TPSA) is 32.3 Å². The molecule has 0 bridgehead atoms. The van der Waals surface area contributed by atoms with Crippen LogP contribution in [0.3, 0.4) is 0 Å². The molecule has 1 atom stereocenters. The third-order valence-electron chi connectivity index (χ3n) is 2.47. The van der Waals surface area contributed by atoms with Crippen LogP contribution in [0, 0.1) is 5.82 Å². The fourth-order valence-corrected chi connectivity index (χ4v) is 1.71. The molecule has 1 heterocycles. The fraction of sp³-hybridized carbons (Fsp3) is 0.400. The molecule has 1 aromatic carbocycles. The summed E-state index contributed by atoms with van der Waals surface area (Å²) in [4.78, 5) is 0. The molecule has 0 aliphatic carbocycles. The van der Waals surface area contributed by atoms with Crippen molar-refractivity contribution in [2.75, 3.05) is 6.61 Å². The molecule has 0 saturated heterocycles. The second-order valence-electron chi connectivity index (χ2n) is 3.34. The van der Waals surface area contributed by atoms with Crippen molar-refractivity contribution in [1.82, 2.24) is 5.32 Å². The second kappa shape index (κ2) is 3.44. The van der Waals surface area contributed by atoms with Gasteiger partial charge in [0.2, 0.25) is 0 Å². The van der Waals surface area contributed by atoms with Crippen molar-refractivity contribution in [3.05, 3.63) is 35.1 Å². The van der Waals surface area contributed by atoms with E-state index in [1.54, 1.807) is 6.07 Å². The number of hydrogen-bond acceptors (Lipinski definition) is 2. The number of aliphatic hydroxyl groups excluding tert-OH is 1. The summed E-state index contributed by atoms with van der Waals surface area (Å²) in [5.41, 5.74) is 1.75. The molecule has 0 amide bonds. The van der Waals surface area contributed by atoms with Gasteiger partial charge < -0.3 is 10.4 Å². The summed E-state index contributed by atoms with van der Waals surface area (Å²) in [6, 6.07) is 5.18. The highest BCUT2D eigenvalue weighted by molar-refractivity contribution is 5.31. The number of aliphatic hydroxyl groups is 1. The van der Waals surface area contributed by atoms with E-state index in [0.29, 0.717) is 13.0 Å². The van der Waals surface area contributed by atoms with Crippen molar-refractivity contribution in [2.24, 2.45) is 0 Å². The lowest BCUT2D eigenvalue weighted by Gasteiger charge is -2.24. The van der Waals surface area contributed by atoms with E-state index >= 15 is 0 Å². The normalized spacial score (nSPS) is 21.2. The van der Waals surface area contributed by atoms with Crippen molar-refractivity contribution < 1.29 is 9.50 Å². The van der Waals surface area contributed by atoms with Crippen molar-refractivity contribution in [2.45, 2.75) is 19.0 Å². The highest BCUT2D eigenvalue weighted by Gasteiger charge is 2.18. The Morgan fingerprint density at radius 1 is 1.54 bits per heavy atom. The highest BCUT2D eigenvalue weighted by atomic mass is 19.1. The van der Waals surface area contributed by atoms with Crippen LogP contribution in [0.2, 0.25) is 0 Å². The molecule has 0 spiro atoms. The van der Waals surface area contributed by atoms with Crippen LogP contribution in [0.25, 0.3) is 0 Å². The summed E-state index contributed by atoms with van der Waals surface area (Å²) >= 11 is 0. The van der Waals surface area contributed by atoms with Crippen LogP contribution in [0.5, 0.6) is 0 Å². The van der Waals surface area contributed by atoms with E-state index in [1.807, 2.05) is 6.07 Å². The molecule has 1 aliphatic heterocycles. The number of hydrogen-bond donors (Lipinski definition) is 2. The maximum atomic E-state index is 13.2. The molecule has 1 aliphatic rings. The molecular formula is C10H12FNO. The van der Waals surface area contributed by atoms with Crippen molar-refractivity contribution in [3.8, 4) is 0 Å². The molecule has 1 unspecified atom stereocenters. The van der Waals surface area contributed by atoms with Crippen LogP contribution in [0.4, 0.5) is 4.39 Å². The molecule has 0 fully saturated rings. The van der Waals surface area contributed by atoms with Gasteiger partial charge in [0, 0.05) is 18.2 Å². The Kier molecular flexibility index (Phi) is 2.29. The lowest BCUT2D eigenvalue weighted by molar-refractivity contribution is 0.235. The monoisotopic (exact) mass is 181 g/mol. The van der Waals surface area contributed by atoms with Crippen molar-refractivity contribution in [1.29, 1.82) is 0 Å². The highest BCUT2D eigenvalue weighted by Crippen LogP contribution is 2.19. The average Bonchev–Trinajstić information content (AvgIpc) is 2.18. The zero-order chi connectivity index (χ0) is 9.26. The summed E-state index contributed by atoms with van der Waals surface area (Å²) in [6.45, 7) is 0.628. The smallest absolute Gasteiger partial charge is 0.127 e. The van der Waals surface area contributed by atoms with E-state index in [2.05, 4.69) is 5.32 Å². The van der Waals surface area contributed by atoms with Gasteiger partial charge in [-0.3, -0.25) is 0 Å². The van der Waals surface area contributed by atoms with E-state index in [-0.39, 0.29) is 18.5 Å². The molecule has 13 heavy (non-hydrogen) atoms. The van der Waals surface area contributed by atoms with Crippen LogP contribution in [0.1, 0.15) is 11.1 Å². The minimum Gasteiger partial charge on any atom is -0.395 e. The van der Waals surface area contributed by atoms with Gasteiger partial charge in [-0.2, -0.15) is 0 Å². The van der Waals surface area contributed by atoms with Crippen LogP contribution in [-0.4, -0.2) is 17.8 Å². The minimum atomic E-state index is -0.151. The molecule has 70 valence electrons. The van der Waals surface area contributed by atoms with E-state index in [1.165, 1.54) is 6.07 Å². The van der Waals surface area contributed by atoms with Crippen molar-refractivity contribution in [3.63, 3.8) is 0 Å². The summed E-state index contributed by atoms with van der Waals surface area (Å²) in [5, 5.41) is 12.0. The Labute approximate surface area is 76.4 Å². The first-order valence-electron chi connectivity index (χ1n) is 4.42. The number of fused-ring (bicyclic) bond motifs is 1.